The topological polar surface area (TPSA) is 101 Å². The van der Waals surface area contributed by atoms with Gasteiger partial charge in [0.25, 0.3) is 0 Å². The Morgan fingerprint density at radius 3 is 2.72 bits per heavy atom. The average Bonchev–Trinajstić information content (AvgIpc) is 2.69. The number of sulfonamides is 1. The van der Waals surface area contributed by atoms with Gasteiger partial charge in [0.2, 0.25) is 10.0 Å². The highest BCUT2D eigenvalue weighted by Crippen LogP contribution is 2.16. The molecule has 2 heterocycles. The number of aryl methyl sites for hydroxylation is 2. The molecule has 0 bridgehead atoms. The summed E-state index contributed by atoms with van der Waals surface area (Å²) >= 11 is 0. The molecule has 0 unspecified atom stereocenters. The Bertz CT molecular complexity index is 616. The number of rotatable bonds is 4. The Morgan fingerprint density at radius 2 is 2.17 bits per heavy atom. The van der Waals surface area contributed by atoms with Crippen LogP contribution in [0.15, 0.2) is 23.5 Å². The molecule has 0 saturated heterocycles. The molecule has 8 heteroatoms. The molecule has 2 aromatic heterocycles. The number of nitrogens with one attached hydrogen (secondary N) is 2. The minimum absolute atomic E-state index is 0.120. The number of H-pyrrole nitrogens is 1. The van der Waals surface area contributed by atoms with Crippen LogP contribution in [0, 0.1) is 13.8 Å². The lowest BCUT2D eigenvalue weighted by Crippen LogP contribution is -2.24. The number of aromatic nitrogens is 4. The van der Waals surface area contributed by atoms with Crippen LogP contribution in [0.5, 0.6) is 0 Å². The Hall–Kier alpha value is -1.80. The molecule has 2 aromatic rings. The summed E-state index contributed by atoms with van der Waals surface area (Å²) in [5, 5.41) is 6.51. The van der Waals surface area contributed by atoms with Crippen molar-refractivity contribution in [3.63, 3.8) is 0 Å². The van der Waals surface area contributed by atoms with Crippen molar-refractivity contribution < 1.29 is 8.42 Å². The van der Waals surface area contributed by atoms with Crippen LogP contribution >= 0.6 is 0 Å². The Morgan fingerprint density at radius 1 is 1.39 bits per heavy atom. The number of hydrogen-bond acceptors (Lipinski definition) is 5. The molecule has 2 rings (SSSR count). The second-order valence-corrected chi connectivity index (χ2v) is 5.49. The summed E-state index contributed by atoms with van der Waals surface area (Å²) in [5.41, 5.74) is 1.57. The van der Waals surface area contributed by atoms with E-state index in [9.17, 15) is 8.42 Å². The van der Waals surface area contributed by atoms with Crippen molar-refractivity contribution in [1.82, 2.24) is 24.9 Å². The van der Waals surface area contributed by atoms with Gasteiger partial charge in [0.1, 0.15) is 11.2 Å². The van der Waals surface area contributed by atoms with E-state index in [1.54, 1.807) is 26.1 Å². The minimum Gasteiger partial charge on any atom is -0.281 e. The summed E-state index contributed by atoms with van der Waals surface area (Å²) < 4.78 is 26.7. The first-order chi connectivity index (χ1) is 8.50. The Labute approximate surface area is 105 Å². The number of hydrogen-bond donors (Lipinski definition) is 2. The van der Waals surface area contributed by atoms with Gasteiger partial charge < -0.3 is 0 Å². The molecule has 2 N–H and O–H groups in total. The first kappa shape index (κ1) is 12.7. The molecule has 0 spiro atoms. The van der Waals surface area contributed by atoms with E-state index in [0.717, 1.165) is 0 Å². The van der Waals surface area contributed by atoms with E-state index in [2.05, 4.69) is 24.9 Å². The Balaban J connectivity index is 2.19. The first-order valence-electron chi connectivity index (χ1n) is 5.27. The van der Waals surface area contributed by atoms with Crippen LogP contribution in [0.3, 0.4) is 0 Å². The predicted molar refractivity (Wildman–Crippen MR) is 64.1 cm³/mol. The van der Waals surface area contributed by atoms with Crippen molar-refractivity contribution in [3.05, 3.63) is 35.7 Å². The van der Waals surface area contributed by atoms with Crippen LogP contribution in [-0.2, 0) is 16.6 Å². The molecule has 0 aliphatic carbocycles. The molecular weight excluding hydrogens is 254 g/mol. The van der Waals surface area contributed by atoms with Gasteiger partial charge in [-0.15, -0.1) is 0 Å². The third kappa shape index (κ3) is 2.54. The second kappa shape index (κ2) is 4.83. The first-order valence-corrected chi connectivity index (χ1v) is 6.75. The quantitative estimate of drug-likeness (QED) is 0.829. The maximum atomic E-state index is 12.1. The van der Waals surface area contributed by atoms with Crippen LogP contribution in [-0.4, -0.2) is 28.6 Å². The van der Waals surface area contributed by atoms with Crippen molar-refractivity contribution in [2.24, 2.45) is 0 Å². The molecule has 0 saturated carbocycles. The fraction of sp³-hybridized carbons (Fsp3) is 0.300. The van der Waals surface area contributed by atoms with Crippen LogP contribution < -0.4 is 4.72 Å². The van der Waals surface area contributed by atoms with Gasteiger partial charge in [-0.25, -0.2) is 23.1 Å². The van der Waals surface area contributed by atoms with Crippen molar-refractivity contribution in [2.75, 3.05) is 0 Å². The van der Waals surface area contributed by atoms with E-state index < -0.39 is 10.0 Å². The maximum absolute atomic E-state index is 12.1. The van der Waals surface area contributed by atoms with E-state index in [-0.39, 0.29) is 11.4 Å². The molecule has 0 amide bonds. The van der Waals surface area contributed by atoms with Gasteiger partial charge in [-0.1, -0.05) is 0 Å². The molecule has 0 aromatic carbocycles. The van der Waals surface area contributed by atoms with Gasteiger partial charge in [-0.2, -0.15) is 5.10 Å². The lowest BCUT2D eigenvalue weighted by molar-refractivity contribution is 0.579. The second-order valence-electron chi connectivity index (χ2n) is 3.79. The van der Waals surface area contributed by atoms with Crippen LogP contribution in [0.2, 0.25) is 0 Å². The van der Waals surface area contributed by atoms with Crippen LogP contribution in [0.1, 0.15) is 17.1 Å². The largest absolute Gasteiger partial charge is 0.281 e. The van der Waals surface area contributed by atoms with Gasteiger partial charge in [0, 0.05) is 6.20 Å². The van der Waals surface area contributed by atoms with E-state index in [1.165, 1.54) is 6.33 Å². The highest BCUT2D eigenvalue weighted by atomic mass is 32.2. The molecule has 0 aliphatic heterocycles. The van der Waals surface area contributed by atoms with Crippen molar-refractivity contribution in [3.8, 4) is 0 Å². The fourth-order valence-corrected chi connectivity index (χ4v) is 2.97. The normalized spacial score (nSPS) is 11.7. The summed E-state index contributed by atoms with van der Waals surface area (Å²) in [6.07, 6.45) is 2.93. The molecule has 0 atom stereocenters. The molecule has 18 heavy (non-hydrogen) atoms. The molecule has 0 fully saturated rings. The third-order valence-corrected chi connectivity index (χ3v) is 4.08. The molecule has 0 aliphatic rings. The van der Waals surface area contributed by atoms with Gasteiger partial charge in [-0.05, 0) is 19.9 Å². The highest BCUT2D eigenvalue weighted by Gasteiger charge is 2.21. The smallest absolute Gasteiger partial charge is 0.244 e. The van der Waals surface area contributed by atoms with Crippen molar-refractivity contribution in [2.45, 2.75) is 25.3 Å². The monoisotopic (exact) mass is 267 g/mol. The van der Waals surface area contributed by atoms with Gasteiger partial charge in [0.05, 0.1) is 23.6 Å². The zero-order chi connectivity index (χ0) is 13.2. The molecular formula is C10H13N5O2S. The van der Waals surface area contributed by atoms with Crippen LogP contribution in [0.4, 0.5) is 0 Å². The Kier molecular flexibility index (Phi) is 3.39. The van der Waals surface area contributed by atoms with Gasteiger partial charge >= 0.3 is 0 Å². The van der Waals surface area contributed by atoms with Crippen molar-refractivity contribution >= 4 is 10.0 Å². The molecule has 7 nitrogen and oxygen atoms in total. The summed E-state index contributed by atoms with van der Waals surface area (Å²) in [4.78, 5) is 7.90. The summed E-state index contributed by atoms with van der Waals surface area (Å²) in [5.74, 6) is 0. The van der Waals surface area contributed by atoms with E-state index in [0.29, 0.717) is 17.1 Å². The zero-order valence-corrected chi connectivity index (χ0v) is 10.8. The predicted octanol–water partition coefficient (Wildman–Crippen LogP) is 0.295. The minimum atomic E-state index is -3.58. The average molecular weight is 267 g/mol. The molecule has 96 valence electrons. The summed E-state index contributed by atoms with van der Waals surface area (Å²) in [6, 6.07) is 1.65. The standard InChI is InChI=1S/C10H13N5O2S/c1-7-10(8(2)15-14-7)18(16,17)13-5-9-3-4-11-6-12-9/h3-4,6,13H,5H2,1-2H3,(H,14,15). The van der Waals surface area contributed by atoms with Gasteiger partial charge in [-0.3, -0.25) is 5.10 Å². The summed E-state index contributed by atoms with van der Waals surface area (Å²) in [6.45, 7) is 3.43. The lowest BCUT2D eigenvalue weighted by Gasteiger charge is -2.06. The van der Waals surface area contributed by atoms with Crippen LogP contribution in [0.25, 0.3) is 0 Å². The lowest BCUT2D eigenvalue weighted by atomic mass is 10.4. The van der Waals surface area contributed by atoms with E-state index in [4.69, 9.17) is 0 Å². The molecule has 0 radical (unpaired) electrons. The zero-order valence-electron chi connectivity index (χ0n) is 10.0. The van der Waals surface area contributed by atoms with E-state index >= 15 is 0 Å². The van der Waals surface area contributed by atoms with E-state index in [1.807, 2.05) is 0 Å². The highest BCUT2D eigenvalue weighted by molar-refractivity contribution is 7.89. The van der Waals surface area contributed by atoms with Gasteiger partial charge in [0.15, 0.2) is 0 Å². The SMILES string of the molecule is Cc1n[nH]c(C)c1S(=O)(=O)NCc1ccncn1. The number of nitrogens with zero attached hydrogens (tertiary/aromatic N) is 3. The number of aromatic amines is 1. The maximum Gasteiger partial charge on any atom is 0.244 e. The summed E-state index contributed by atoms with van der Waals surface area (Å²) in [7, 11) is -3.58. The van der Waals surface area contributed by atoms with Crippen molar-refractivity contribution in [1.29, 1.82) is 0 Å². The third-order valence-electron chi connectivity index (χ3n) is 2.42. The fourth-order valence-electron chi connectivity index (χ4n) is 1.60.